The second-order valence-corrected chi connectivity index (χ2v) is 10.1. The van der Waals surface area contributed by atoms with Gasteiger partial charge in [-0.2, -0.15) is 0 Å². The highest BCUT2D eigenvalue weighted by Crippen LogP contribution is 2.22. The third-order valence-corrected chi connectivity index (χ3v) is 7.48. The molecule has 0 unspecified atom stereocenters. The maximum absolute atomic E-state index is 12.7. The van der Waals surface area contributed by atoms with Crippen molar-refractivity contribution in [3.8, 4) is 0 Å². The van der Waals surface area contributed by atoms with Crippen LogP contribution in [0.25, 0.3) is 0 Å². The molecule has 3 aromatic rings. The minimum Gasteiger partial charge on any atom is -0.305 e. The quantitative estimate of drug-likeness (QED) is 0.525. The average Bonchev–Trinajstić information content (AvgIpc) is 3.25. The molecule has 154 valence electrons. The van der Waals surface area contributed by atoms with Gasteiger partial charge in [0, 0.05) is 11.9 Å². The highest BCUT2D eigenvalue weighted by molar-refractivity contribution is 7.99. The molecule has 8 nitrogen and oxygen atoms in total. The molecule has 1 N–H and O–H groups in total. The summed E-state index contributed by atoms with van der Waals surface area (Å²) in [6, 6.07) is 6.72. The number of carbonyl (C=O) groups excluding carboxylic acids is 1. The summed E-state index contributed by atoms with van der Waals surface area (Å²) in [5.41, 5.74) is 1.84. The van der Waals surface area contributed by atoms with Gasteiger partial charge in [0.2, 0.25) is 5.91 Å². The van der Waals surface area contributed by atoms with E-state index in [2.05, 4.69) is 20.5 Å². The first-order valence-corrected chi connectivity index (χ1v) is 12.4. The van der Waals surface area contributed by atoms with E-state index in [-0.39, 0.29) is 22.3 Å². The van der Waals surface area contributed by atoms with Crippen molar-refractivity contribution in [2.24, 2.45) is 0 Å². The Morgan fingerprint density at radius 3 is 2.55 bits per heavy atom. The standard InChI is InChI=1S/C18H21N5O3S3/c1-4-23-15(11-29(25,26)14-7-5-12(2)6-8-14)21-22-18(23)28-10-16(24)20-17-19-13(3)9-27-17/h5-9H,4,10-11H2,1-3H3,(H,19,20,24). The van der Waals surface area contributed by atoms with Gasteiger partial charge in [-0.15, -0.1) is 21.5 Å². The van der Waals surface area contributed by atoms with Gasteiger partial charge in [0.05, 0.1) is 16.3 Å². The maximum atomic E-state index is 12.7. The molecule has 1 amide bonds. The number of nitrogens with one attached hydrogen (secondary N) is 1. The van der Waals surface area contributed by atoms with Crippen molar-refractivity contribution >= 4 is 44.0 Å². The van der Waals surface area contributed by atoms with Crippen molar-refractivity contribution in [3.63, 3.8) is 0 Å². The monoisotopic (exact) mass is 451 g/mol. The van der Waals surface area contributed by atoms with Gasteiger partial charge in [-0.1, -0.05) is 29.5 Å². The van der Waals surface area contributed by atoms with Crippen LogP contribution in [0, 0.1) is 13.8 Å². The van der Waals surface area contributed by atoms with Crippen LogP contribution in [-0.2, 0) is 26.9 Å². The molecule has 0 fully saturated rings. The Morgan fingerprint density at radius 1 is 1.21 bits per heavy atom. The first-order chi connectivity index (χ1) is 13.8. The minimum atomic E-state index is -3.54. The van der Waals surface area contributed by atoms with E-state index >= 15 is 0 Å². The van der Waals surface area contributed by atoms with Crippen LogP contribution >= 0.6 is 23.1 Å². The zero-order valence-corrected chi connectivity index (χ0v) is 18.7. The maximum Gasteiger partial charge on any atom is 0.236 e. The number of thiazole rings is 1. The number of hydrogen-bond acceptors (Lipinski definition) is 8. The van der Waals surface area contributed by atoms with Crippen LogP contribution in [0.5, 0.6) is 0 Å². The Hall–Kier alpha value is -2.24. The fourth-order valence-electron chi connectivity index (χ4n) is 2.55. The number of carbonyl (C=O) groups is 1. The van der Waals surface area contributed by atoms with Crippen molar-refractivity contribution in [2.45, 2.75) is 43.1 Å². The van der Waals surface area contributed by atoms with E-state index in [9.17, 15) is 13.2 Å². The summed E-state index contributed by atoms with van der Waals surface area (Å²) in [5, 5.41) is 13.8. The van der Waals surface area contributed by atoms with Crippen molar-refractivity contribution in [2.75, 3.05) is 11.1 Å². The van der Waals surface area contributed by atoms with Crippen molar-refractivity contribution < 1.29 is 13.2 Å². The molecule has 0 bridgehead atoms. The number of amides is 1. The molecular formula is C18H21N5O3S3. The molecule has 1 aromatic carbocycles. The van der Waals surface area contributed by atoms with Crippen LogP contribution in [0.1, 0.15) is 24.0 Å². The lowest BCUT2D eigenvalue weighted by Crippen LogP contribution is -2.15. The van der Waals surface area contributed by atoms with Crippen molar-refractivity contribution in [1.29, 1.82) is 0 Å². The number of aromatic nitrogens is 4. The molecule has 0 spiro atoms. The lowest BCUT2D eigenvalue weighted by molar-refractivity contribution is -0.113. The molecule has 0 aliphatic carbocycles. The molecular weight excluding hydrogens is 430 g/mol. The smallest absolute Gasteiger partial charge is 0.236 e. The highest BCUT2D eigenvalue weighted by Gasteiger charge is 2.21. The fraction of sp³-hybridized carbons (Fsp3) is 0.333. The topological polar surface area (TPSA) is 107 Å². The molecule has 0 saturated carbocycles. The van der Waals surface area contributed by atoms with E-state index in [4.69, 9.17) is 0 Å². The number of aryl methyl sites for hydroxylation is 2. The van der Waals surface area contributed by atoms with Crippen molar-refractivity contribution in [3.05, 3.63) is 46.7 Å². The minimum absolute atomic E-state index is 0.126. The largest absolute Gasteiger partial charge is 0.305 e. The molecule has 0 saturated heterocycles. The number of hydrogen-bond donors (Lipinski definition) is 1. The first-order valence-electron chi connectivity index (χ1n) is 8.85. The zero-order valence-electron chi connectivity index (χ0n) is 16.2. The summed E-state index contributed by atoms with van der Waals surface area (Å²) in [6.07, 6.45) is 0. The Kier molecular flexibility index (Phi) is 6.70. The van der Waals surface area contributed by atoms with Gasteiger partial charge in [0.1, 0.15) is 11.6 Å². The lowest BCUT2D eigenvalue weighted by atomic mass is 10.2. The second kappa shape index (κ2) is 9.06. The molecule has 2 aromatic heterocycles. The summed E-state index contributed by atoms with van der Waals surface area (Å²) in [5.74, 6) is 0.0270. The highest BCUT2D eigenvalue weighted by atomic mass is 32.2. The van der Waals surface area contributed by atoms with Crippen LogP contribution in [-0.4, -0.2) is 39.8 Å². The number of thioether (sulfide) groups is 1. The van der Waals surface area contributed by atoms with Crippen LogP contribution in [0.15, 0.2) is 39.7 Å². The molecule has 29 heavy (non-hydrogen) atoms. The summed E-state index contributed by atoms with van der Waals surface area (Å²) in [4.78, 5) is 16.6. The van der Waals surface area contributed by atoms with Crippen LogP contribution in [0.2, 0.25) is 0 Å². The summed E-state index contributed by atoms with van der Waals surface area (Å²) in [7, 11) is -3.54. The average molecular weight is 452 g/mol. The van der Waals surface area contributed by atoms with Crippen LogP contribution < -0.4 is 5.32 Å². The van der Waals surface area contributed by atoms with Gasteiger partial charge in [-0.3, -0.25) is 4.79 Å². The van der Waals surface area contributed by atoms with E-state index in [1.165, 1.54) is 23.1 Å². The van der Waals surface area contributed by atoms with Gasteiger partial charge in [0.15, 0.2) is 20.1 Å². The number of benzene rings is 1. The molecule has 0 atom stereocenters. The SMILES string of the molecule is CCn1c(CS(=O)(=O)c2ccc(C)cc2)nnc1SCC(=O)Nc1nc(C)cs1. The fourth-order valence-corrected chi connectivity index (χ4v) is 5.34. The molecule has 0 aliphatic heterocycles. The Bertz CT molecular complexity index is 1100. The zero-order chi connectivity index (χ0) is 21.0. The third-order valence-electron chi connectivity index (χ3n) is 4.01. The van der Waals surface area contributed by atoms with Gasteiger partial charge in [0.25, 0.3) is 0 Å². The van der Waals surface area contributed by atoms with E-state index in [0.29, 0.717) is 22.7 Å². The van der Waals surface area contributed by atoms with Crippen LogP contribution in [0.4, 0.5) is 5.13 Å². The number of anilines is 1. The van der Waals surface area contributed by atoms with E-state index < -0.39 is 9.84 Å². The number of sulfone groups is 1. The third kappa shape index (κ3) is 5.43. The predicted molar refractivity (Wildman–Crippen MR) is 114 cm³/mol. The Balaban J connectivity index is 1.68. The summed E-state index contributed by atoms with van der Waals surface area (Å²) >= 11 is 2.57. The predicted octanol–water partition coefficient (Wildman–Crippen LogP) is 3.08. The first kappa shape index (κ1) is 21.5. The lowest BCUT2D eigenvalue weighted by Gasteiger charge is -2.08. The summed E-state index contributed by atoms with van der Waals surface area (Å²) in [6.45, 7) is 6.14. The number of nitrogens with zero attached hydrogens (tertiary/aromatic N) is 4. The Morgan fingerprint density at radius 2 is 1.93 bits per heavy atom. The van der Waals surface area contributed by atoms with Crippen molar-refractivity contribution in [1.82, 2.24) is 19.7 Å². The molecule has 0 aliphatic rings. The number of rotatable bonds is 8. The van der Waals surface area contributed by atoms with E-state index in [1.54, 1.807) is 28.8 Å². The van der Waals surface area contributed by atoms with Gasteiger partial charge in [-0.05, 0) is 32.9 Å². The van der Waals surface area contributed by atoms with Crippen LogP contribution in [0.3, 0.4) is 0 Å². The van der Waals surface area contributed by atoms with Gasteiger partial charge >= 0.3 is 0 Å². The van der Waals surface area contributed by atoms with Gasteiger partial charge < -0.3 is 9.88 Å². The summed E-state index contributed by atoms with van der Waals surface area (Å²) < 4.78 is 27.1. The molecule has 3 rings (SSSR count). The Labute approximate surface area is 177 Å². The second-order valence-electron chi connectivity index (χ2n) is 6.35. The van der Waals surface area contributed by atoms with Gasteiger partial charge in [-0.25, -0.2) is 13.4 Å². The normalized spacial score (nSPS) is 11.6. The molecule has 2 heterocycles. The molecule has 0 radical (unpaired) electrons. The molecule has 11 heteroatoms. The van der Waals surface area contributed by atoms with E-state index in [0.717, 1.165) is 11.3 Å². The van der Waals surface area contributed by atoms with E-state index in [1.807, 2.05) is 26.2 Å².